The average molecular weight is 587 g/mol. The first-order chi connectivity index (χ1) is 19.7. The molecule has 42 heavy (non-hydrogen) atoms. The lowest BCUT2D eigenvalue weighted by Gasteiger charge is -2.30. The number of aromatic nitrogens is 2. The van der Waals surface area contributed by atoms with Gasteiger partial charge in [-0.3, -0.25) is 18.4 Å². The predicted molar refractivity (Wildman–Crippen MR) is 165 cm³/mol. The van der Waals surface area contributed by atoms with Crippen LogP contribution in [0.15, 0.2) is 79.6 Å². The van der Waals surface area contributed by atoms with Crippen molar-refractivity contribution >= 4 is 30.5 Å². The monoisotopic (exact) mass is 586 g/mol. The number of phosphoric ester groups is 1. The minimum Gasteiger partial charge on any atom is -0.323 e. The Bertz CT molecular complexity index is 1700. The van der Waals surface area contributed by atoms with Crippen molar-refractivity contribution in [2.75, 3.05) is 5.32 Å². The standard InChI is InChI=1S/C32H35N4O5P/c1-8-29(37)35-26-14-10-12-23(16-26)25-17-27-28(24-13-9-11-22(15-24)18-33)20-36(30(27)34-19-25)21-39-42(38,40-31(2,3)4)41-32(5,6)7/h8-17,19-20H,1,21H2,2-7H3,(H,35,37). The van der Waals surface area contributed by atoms with Crippen molar-refractivity contribution < 1.29 is 22.9 Å². The van der Waals surface area contributed by atoms with Crippen LogP contribution in [0.5, 0.6) is 0 Å². The van der Waals surface area contributed by atoms with E-state index >= 15 is 0 Å². The SMILES string of the molecule is C=CC(=O)Nc1cccc(-c2cnc3c(c2)c(-c2cccc(C#N)c2)cn3COP(=O)(OC(C)(C)C)OC(C)(C)C)c1. The van der Waals surface area contributed by atoms with E-state index in [-0.39, 0.29) is 12.6 Å². The Morgan fingerprint density at radius 3 is 2.33 bits per heavy atom. The van der Waals surface area contributed by atoms with Gasteiger partial charge in [-0.05, 0) is 89.1 Å². The van der Waals surface area contributed by atoms with E-state index in [1.807, 2.05) is 42.6 Å². The van der Waals surface area contributed by atoms with Gasteiger partial charge in [0.05, 0.1) is 22.8 Å². The zero-order valence-corrected chi connectivity index (χ0v) is 25.6. The van der Waals surface area contributed by atoms with Gasteiger partial charge in [-0.15, -0.1) is 0 Å². The predicted octanol–water partition coefficient (Wildman–Crippen LogP) is 8.08. The quantitative estimate of drug-likeness (QED) is 0.156. The third-order valence-corrected chi connectivity index (χ3v) is 7.77. The number of rotatable bonds is 9. The lowest BCUT2D eigenvalue weighted by atomic mass is 10.0. The van der Waals surface area contributed by atoms with Gasteiger partial charge in [0.1, 0.15) is 12.4 Å². The summed E-state index contributed by atoms with van der Waals surface area (Å²) in [6.45, 7) is 14.0. The highest BCUT2D eigenvalue weighted by Crippen LogP contribution is 2.55. The topological polar surface area (TPSA) is 115 Å². The molecule has 0 fully saturated rings. The van der Waals surface area contributed by atoms with Crippen LogP contribution in [0, 0.1) is 11.3 Å². The van der Waals surface area contributed by atoms with Crippen molar-refractivity contribution in [3.8, 4) is 28.3 Å². The fourth-order valence-electron chi connectivity index (χ4n) is 4.26. The Hall–Kier alpha value is -4.06. The molecule has 0 aliphatic carbocycles. The number of nitrogens with zero attached hydrogens (tertiary/aromatic N) is 3. The van der Waals surface area contributed by atoms with Crippen LogP contribution in [0.25, 0.3) is 33.3 Å². The van der Waals surface area contributed by atoms with Gasteiger partial charge < -0.3 is 9.88 Å². The molecule has 0 spiro atoms. The molecule has 2 aromatic heterocycles. The number of carbonyl (C=O) groups excluding carboxylic acids is 1. The Labute approximate surface area is 246 Å². The number of hydrogen-bond donors (Lipinski definition) is 1. The molecule has 10 heteroatoms. The Balaban J connectivity index is 1.80. The van der Waals surface area contributed by atoms with E-state index in [1.54, 1.807) is 70.5 Å². The van der Waals surface area contributed by atoms with Gasteiger partial charge in [0, 0.05) is 34.6 Å². The number of benzene rings is 2. The van der Waals surface area contributed by atoms with E-state index in [4.69, 9.17) is 18.6 Å². The molecule has 4 rings (SSSR count). The van der Waals surface area contributed by atoms with Crippen LogP contribution >= 0.6 is 7.82 Å². The summed E-state index contributed by atoms with van der Waals surface area (Å²) >= 11 is 0. The molecule has 0 aliphatic heterocycles. The maximum atomic E-state index is 13.7. The van der Waals surface area contributed by atoms with Gasteiger partial charge >= 0.3 is 7.82 Å². The first-order valence-corrected chi connectivity index (χ1v) is 14.8. The van der Waals surface area contributed by atoms with E-state index < -0.39 is 19.0 Å². The van der Waals surface area contributed by atoms with Crippen LogP contribution < -0.4 is 5.32 Å². The van der Waals surface area contributed by atoms with Crippen molar-refractivity contribution in [1.29, 1.82) is 5.26 Å². The lowest BCUT2D eigenvalue weighted by molar-refractivity contribution is -0.111. The molecule has 1 amide bonds. The molecule has 0 bridgehead atoms. The molecule has 0 saturated carbocycles. The van der Waals surface area contributed by atoms with Crippen LogP contribution in [0.2, 0.25) is 0 Å². The second-order valence-corrected chi connectivity index (χ2v) is 13.2. The lowest BCUT2D eigenvalue weighted by Crippen LogP contribution is -2.25. The Kier molecular flexibility index (Phi) is 8.86. The second kappa shape index (κ2) is 12.0. The summed E-state index contributed by atoms with van der Waals surface area (Å²) in [6, 6.07) is 18.9. The molecular weight excluding hydrogens is 551 g/mol. The van der Waals surface area contributed by atoms with E-state index in [0.717, 1.165) is 27.6 Å². The summed E-state index contributed by atoms with van der Waals surface area (Å²) in [7, 11) is -3.99. The van der Waals surface area contributed by atoms with Gasteiger partial charge in [0.25, 0.3) is 0 Å². The maximum Gasteiger partial charge on any atom is 0.477 e. The number of phosphoric acid groups is 1. The summed E-state index contributed by atoms with van der Waals surface area (Å²) in [6.07, 6.45) is 4.78. The highest BCUT2D eigenvalue weighted by Gasteiger charge is 2.37. The second-order valence-electron chi connectivity index (χ2n) is 11.7. The van der Waals surface area contributed by atoms with E-state index in [9.17, 15) is 14.6 Å². The van der Waals surface area contributed by atoms with Crippen molar-refractivity contribution in [2.24, 2.45) is 0 Å². The molecule has 9 nitrogen and oxygen atoms in total. The minimum atomic E-state index is -3.99. The fourth-order valence-corrected chi connectivity index (χ4v) is 6.01. The highest BCUT2D eigenvalue weighted by atomic mass is 31.2. The minimum absolute atomic E-state index is 0.159. The maximum absolute atomic E-state index is 13.7. The molecule has 2 aromatic carbocycles. The largest absolute Gasteiger partial charge is 0.477 e. The molecule has 0 radical (unpaired) electrons. The Morgan fingerprint density at radius 2 is 1.69 bits per heavy atom. The molecule has 2 heterocycles. The van der Waals surface area contributed by atoms with Crippen molar-refractivity contribution in [3.05, 3.63) is 85.2 Å². The number of amides is 1. The number of nitrogens with one attached hydrogen (secondary N) is 1. The summed E-state index contributed by atoms with van der Waals surface area (Å²) in [5.74, 6) is -0.305. The number of carbonyl (C=O) groups is 1. The van der Waals surface area contributed by atoms with E-state index in [0.29, 0.717) is 16.9 Å². The van der Waals surface area contributed by atoms with Crippen molar-refractivity contribution in [2.45, 2.75) is 59.5 Å². The summed E-state index contributed by atoms with van der Waals surface area (Å²) < 4.78 is 32.9. The van der Waals surface area contributed by atoms with Gasteiger partial charge in [0.2, 0.25) is 5.91 Å². The summed E-state index contributed by atoms with van der Waals surface area (Å²) in [5, 5.41) is 13.1. The number of pyridine rings is 1. The average Bonchev–Trinajstić information content (AvgIpc) is 3.28. The molecule has 4 aromatic rings. The van der Waals surface area contributed by atoms with Gasteiger partial charge in [-0.25, -0.2) is 9.55 Å². The molecule has 218 valence electrons. The molecule has 1 N–H and O–H groups in total. The number of hydrogen-bond acceptors (Lipinski definition) is 7. The summed E-state index contributed by atoms with van der Waals surface area (Å²) in [5.41, 5.74) is 3.42. The first-order valence-electron chi connectivity index (χ1n) is 13.4. The zero-order valence-electron chi connectivity index (χ0n) is 24.7. The van der Waals surface area contributed by atoms with Crippen LogP contribution in [-0.4, -0.2) is 26.7 Å². The molecule has 0 unspecified atom stereocenters. The normalized spacial score (nSPS) is 12.2. The Morgan fingerprint density at radius 1 is 1.02 bits per heavy atom. The van der Waals surface area contributed by atoms with E-state index in [2.05, 4.69) is 18.0 Å². The first kappa shape index (κ1) is 30.9. The third kappa shape index (κ3) is 7.81. The van der Waals surface area contributed by atoms with Crippen LogP contribution in [0.3, 0.4) is 0 Å². The molecular formula is C32H35N4O5P. The smallest absolute Gasteiger partial charge is 0.323 e. The number of nitriles is 1. The highest BCUT2D eigenvalue weighted by molar-refractivity contribution is 7.48. The van der Waals surface area contributed by atoms with Crippen LogP contribution in [0.4, 0.5) is 5.69 Å². The van der Waals surface area contributed by atoms with Crippen molar-refractivity contribution in [3.63, 3.8) is 0 Å². The van der Waals surface area contributed by atoms with E-state index in [1.165, 1.54) is 6.08 Å². The zero-order chi connectivity index (χ0) is 30.7. The molecule has 0 aliphatic rings. The van der Waals surface area contributed by atoms with Gasteiger partial charge in [0.15, 0.2) is 0 Å². The van der Waals surface area contributed by atoms with Crippen LogP contribution in [0.1, 0.15) is 47.1 Å². The number of anilines is 1. The third-order valence-electron chi connectivity index (χ3n) is 5.79. The van der Waals surface area contributed by atoms with Gasteiger partial charge in [-0.2, -0.15) is 5.26 Å². The molecule has 0 atom stereocenters. The fraction of sp³-hybridized carbons (Fsp3) is 0.281. The van der Waals surface area contributed by atoms with Gasteiger partial charge in [-0.1, -0.05) is 30.8 Å². The summed E-state index contributed by atoms with van der Waals surface area (Å²) in [4.78, 5) is 16.6. The number of fused-ring (bicyclic) bond motifs is 1. The van der Waals surface area contributed by atoms with Crippen LogP contribution in [-0.2, 0) is 29.7 Å². The van der Waals surface area contributed by atoms with Crippen molar-refractivity contribution in [1.82, 2.24) is 9.55 Å². The molecule has 0 saturated heterocycles.